The van der Waals surface area contributed by atoms with Gasteiger partial charge in [-0.05, 0) is 44.2 Å². The lowest BCUT2D eigenvalue weighted by molar-refractivity contribution is -0.116. The standard InChI is InChI=1S/C23H28N4O6S/c1-3-25(4-2)19-10-9-17(34(30,31)26-11-13-32-14-12-26)15-18(19)24-22(28)16-27-20-7-5-6-8-21(20)33-23(27)29/h5-10,15H,3-4,11-14,16H2,1-2H3,(H,24,28). The summed E-state index contributed by atoms with van der Waals surface area (Å²) >= 11 is 0. The molecule has 2 heterocycles. The van der Waals surface area contributed by atoms with E-state index in [1.165, 1.54) is 14.9 Å². The molecule has 0 radical (unpaired) electrons. The lowest BCUT2D eigenvalue weighted by Gasteiger charge is -2.28. The number of fused-ring (bicyclic) bond motifs is 1. The maximum Gasteiger partial charge on any atom is 0.420 e. The van der Waals surface area contributed by atoms with E-state index in [1.807, 2.05) is 18.7 Å². The van der Waals surface area contributed by atoms with Crippen molar-refractivity contribution < 1.29 is 22.4 Å². The summed E-state index contributed by atoms with van der Waals surface area (Å²) in [6.45, 7) is 6.25. The van der Waals surface area contributed by atoms with E-state index in [4.69, 9.17) is 9.15 Å². The summed E-state index contributed by atoms with van der Waals surface area (Å²) < 4.78 is 39.5. The summed E-state index contributed by atoms with van der Waals surface area (Å²) in [6.07, 6.45) is 0. The summed E-state index contributed by atoms with van der Waals surface area (Å²) in [7, 11) is -3.75. The smallest absolute Gasteiger partial charge is 0.408 e. The Morgan fingerprint density at radius 3 is 2.50 bits per heavy atom. The number of carbonyl (C=O) groups excluding carboxylic acids is 1. The zero-order chi connectivity index (χ0) is 24.3. The van der Waals surface area contributed by atoms with Crippen molar-refractivity contribution in [3.8, 4) is 0 Å². The Hall–Kier alpha value is -3.15. The number of sulfonamides is 1. The Kier molecular flexibility index (Phi) is 7.05. The normalized spacial score (nSPS) is 14.9. The number of amides is 1. The van der Waals surface area contributed by atoms with Crippen molar-refractivity contribution >= 4 is 38.4 Å². The Labute approximate surface area is 197 Å². The molecule has 1 aromatic heterocycles. The van der Waals surface area contributed by atoms with Gasteiger partial charge < -0.3 is 19.4 Å². The van der Waals surface area contributed by atoms with E-state index in [9.17, 15) is 18.0 Å². The van der Waals surface area contributed by atoms with Crippen molar-refractivity contribution in [1.29, 1.82) is 0 Å². The second kappa shape index (κ2) is 10.00. The monoisotopic (exact) mass is 488 g/mol. The van der Waals surface area contributed by atoms with Crippen molar-refractivity contribution in [3.05, 3.63) is 53.0 Å². The zero-order valence-corrected chi connectivity index (χ0v) is 20.0. The quantitative estimate of drug-likeness (QED) is 0.516. The third kappa shape index (κ3) is 4.72. The average molecular weight is 489 g/mol. The molecule has 1 aliphatic heterocycles. The molecule has 0 unspecified atom stereocenters. The maximum absolute atomic E-state index is 13.2. The van der Waals surface area contributed by atoms with Gasteiger partial charge in [0.2, 0.25) is 15.9 Å². The SMILES string of the molecule is CCN(CC)c1ccc(S(=O)(=O)N2CCOCC2)cc1NC(=O)Cn1c(=O)oc2ccccc21. The van der Waals surface area contributed by atoms with E-state index in [1.54, 1.807) is 36.4 Å². The minimum Gasteiger partial charge on any atom is -0.408 e. The molecule has 0 bridgehead atoms. The Morgan fingerprint density at radius 1 is 1.09 bits per heavy atom. The van der Waals surface area contributed by atoms with Crippen LogP contribution in [0.5, 0.6) is 0 Å². The van der Waals surface area contributed by atoms with Gasteiger partial charge in [0.1, 0.15) is 6.54 Å². The summed E-state index contributed by atoms with van der Waals surface area (Å²) in [6, 6.07) is 11.6. The first-order valence-electron chi connectivity index (χ1n) is 11.2. The Bertz CT molecular complexity index is 1340. The number of oxazole rings is 1. The van der Waals surface area contributed by atoms with E-state index in [-0.39, 0.29) is 24.5 Å². The molecular formula is C23H28N4O6S. The first kappa shape index (κ1) is 24.0. The van der Waals surface area contributed by atoms with Crippen LogP contribution in [0.15, 0.2) is 56.6 Å². The molecule has 1 aliphatic rings. The van der Waals surface area contributed by atoms with Crippen LogP contribution in [0, 0.1) is 0 Å². The Morgan fingerprint density at radius 2 is 1.79 bits per heavy atom. The number of morpholine rings is 1. The first-order chi connectivity index (χ1) is 16.3. The van der Waals surface area contributed by atoms with Crippen LogP contribution in [0.4, 0.5) is 11.4 Å². The Balaban J connectivity index is 1.66. The second-order valence-electron chi connectivity index (χ2n) is 7.84. The van der Waals surface area contributed by atoms with Gasteiger partial charge in [-0.2, -0.15) is 4.31 Å². The van der Waals surface area contributed by atoms with Gasteiger partial charge in [-0.3, -0.25) is 9.36 Å². The van der Waals surface area contributed by atoms with E-state index in [0.29, 0.717) is 48.8 Å². The minimum atomic E-state index is -3.75. The lowest BCUT2D eigenvalue weighted by atomic mass is 10.2. The maximum atomic E-state index is 13.2. The largest absolute Gasteiger partial charge is 0.420 e. The molecule has 34 heavy (non-hydrogen) atoms. The van der Waals surface area contributed by atoms with Crippen molar-refractivity contribution in [2.75, 3.05) is 49.6 Å². The highest BCUT2D eigenvalue weighted by molar-refractivity contribution is 7.89. The van der Waals surface area contributed by atoms with Gasteiger partial charge in [0, 0.05) is 26.2 Å². The van der Waals surface area contributed by atoms with Gasteiger partial charge in [0.15, 0.2) is 5.58 Å². The molecule has 0 atom stereocenters. The second-order valence-corrected chi connectivity index (χ2v) is 9.78. The number of carbonyl (C=O) groups is 1. The molecule has 1 saturated heterocycles. The molecule has 1 fully saturated rings. The van der Waals surface area contributed by atoms with E-state index < -0.39 is 21.7 Å². The summed E-state index contributed by atoms with van der Waals surface area (Å²) in [5.41, 5.74) is 1.96. The molecule has 11 heteroatoms. The molecule has 1 amide bonds. The van der Waals surface area contributed by atoms with Crippen LogP contribution < -0.4 is 16.0 Å². The first-order valence-corrected chi connectivity index (χ1v) is 12.6. The van der Waals surface area contributed by atoms with Crippen LogP contribution in [0.1, 0.15) is 13.8 Å². The number of para-hydroxylation sites is 2. The molecule has 10 nitrogen and oxygen atoms in total. The van der Waals surface area contributed by atoms with Gasteiger partial charge in [-0.25, -0.2) is 13.2 Å². The highest BCUT2D eigenvalue weighted by Crippen LogP contribution is 2.30. The third-order valence-electron chi connectivity index (χ3n) is 5.83. The summed E-state index contributed by atoms with van der Waals surface area (Å²) in [5, 5.41) is 2.82. The van der Waals surface area contributed by atoms with Crippen LogP contribution in [0.3, 0.4) is 0 Å². The number of nitrogens with zero attached hydrogens (tertiary/aromatic N) is 3. The number of ether oxygens (including phenoxy) is 1. The van der Waals surface area contributed by atoms with Crippen molar-refractivity contribution in [2.45, 2.75) is 25.3 Å². The van der Waals surface area contributed by atoms with Crippen molar-refractivity contribution in [2.24, 2.45) is 0 Å². The lowest BCUT2D eigenvalue weighted by Crippen LogP contribution is -2.40. The van der Waals surface area contributed by atoms with Gasteiger partial charge in [0.05, 0.1) is 35.0 Å². The number of nitrogens with one attached hydrogen (secondary N) is 1. The van der Waals surface area contributed by atoms with E-state index in [0.717, 1.165) is 0 Å². The molecular weight excluding hydrogens is 460 g/mol. The number of benzene rings is 2. The number of rotatable bonds is 8. The van der Waals surface area contributed by atoms with Crippen molar-refractivity contribution in [3.63, 3.8) is 0 Å². The van der Waals surface area contributed by atoms with Crippen LogP contribution in [0.2, 0.25) is 0 Å². The molecule has 0 spiro atoms. The fourth-order valence-corrected chi connectivity index (χ4v) is 5.48. The molecule has 1 N–H and O–H groups in total. The molecule has 3 aromatic rings. The number of hydrogen-bond donors (Lipinski definition) is 1. The van der Waals surface area contributed by atoms with E-state index >= 15 is 0 Å². The fraction of sp³-hybridized carbons (Fsp3) is 0.391. The molecule has 0 aliphatic carbocycles. The van der Waals surface area contributed by atoms with Crippen LogP contribution in [0.25, 0.3) is 11.1 Å². The highest BCUT2D eigenvalue weighted by Gasteiger charge is 2.27. The number of hydrogen-bond acceptors (Lipinski definition) is 7. The summed E-state index contributed by atoms with van der Waals surface area (Å²) in [5.74, 6) is -1.10. The van der Waals surface area contributed by atoms with Gasteiger partial charge >= 0.3 is 5.76 Å². The molecule has 4 rings (SSSR count). The zero-order valence-electron chi connectivity index (χ0n) is 19.2. The van der Waals surface area contributed by atoms with Crippen LogP contribution >= 0.6 is 0 Å². The van der Waals surface area contributed by atoms with Crippen LogP contribution in [-0.2, 0) is 26.1 Å². The third-order valence-corrected chi connectivity index (χ3v) is 7.72. The number of anilines is 2. The number of aromatic nitrogens is 1. The van der Waals surface area contributed by atoms with Crippen LogP contribution in [-0.4, -0.2) is 62.6 Å². The van der Waals surface area contributed by atoms with E-state index in [2.05, 4.69) is 5.32 Å². The molecule has 0 saturated carbocycles. The van der Waals surface area contributed by atoms with Gasteiger partial charge in [0.25, 0.3) is 0 Å². The van der Waals surface area contributed by atoms with Gasteiger partial charge in [-0.15, -0.1) is 0 Å². The topological polar surface area (TPSA) is 114 Å². The summed E-state index contributed by atoms with van der Waals surface area (Å²) in [4.78, 5) is 27.4. The van der Waals surface area contributed by atoms with Gasteiger partial charge in [-0.1, -0.05) is 12.1 Å². The van der Waals surface area contributed by atoms with Crippen molar-refractivity contribution in [1.82, 2.24) is 8.87 Å². The predicted octanol–water partition coefficient (Wildman–Crippen LogP) is 2.10. The highest BCUT2D eigenvalue weighted by atomic mass is 32.2. The fourth-order valence-electron chi connectivity index (χ4n) is 4.05. The molecule has 182 valence electrons. The molecule has 2 aromatic carbocycles. The average Bonchev–Trinajstić information content (AvgIpc) is 3.16. The minimum absolute atomic E-state index is 0.0894. The predicted molar refractivity (Wildman–Crippen MR) is 129 cm³/mol.